The zero-order valence-corrected chi connectivity index (χ0v) is 10.4. The highest BCUT2D eigenvalue weighted by Crippen LogP contribution is 2.38. The summed E-state index contributed by atoms with van der Waals surface area (Å²) in [5.74, 6) is 0.572. The highest BCUT2D eigenvalue weighted by atomic mass is 16.6. The Hall–Kier alpha value is -1.82. The molecule has 0 saturated carbocycles. The Kier molecular flexibility index (Phi) is 3.13. The van der Waals surface area contributed by atoms with E-state index in [0.717, 1.165) is 0 Å². The van der Waals surface area contributed by atoms with Crippen LogP contribution in [0.1, 0.15) is 13.3 Å². The second-order valence-electron chi connectivity index (χ2n) is 4.55. The number of anilines is 1. The topological polar surface area (TPSA) is 75.8 Å². The third-order valence-electron chi connectivity index (χ3n) is 3.35. The van der Waals surface area contributed by atoms with Gasteiger partial charge in [-0.25, -0.2) is 0 Å². The summed E-state index contributed by atoms with van der Waals surface area (Å²) in [6.45, 7) is 2.73. The van der Waals surface area contributed by atoms with Crippen LogP contribution in [-0.4, -0.2) is 35.8 Å². The largest absolute Gasteiger partial charge is 0.497 e. The molecule has 18 heavy (non-hydrogen) atoms. The average Bonchev–Trinajstić information content (AvgIpc) is 2.34. The Labute approximate surface area is 105 Å². The Morgan fingerprint density at radius 1 is 1.56 bits per heavy atom. The Morgan fingerprint density at radius 3 is 2.72 bits per heavy atom. The number of rotatable bonds is 4. The molecule has 0 atom stereocenters. The van der Waals surface area contributed by atoms with Gasteiger partial charge in [0.05, 0.1) is 17.6 Å². The van der Waals surface area contributed by atoms with Crippen LogP contribution in [0.15, 0.2) is 18.2 Å². The number of methoxy groups -OCH3 is 1. The van der Waals surface area contributed by atoms with Crippen LogP contribution < -0.4 is 9.64 Å². The molecular weight excluding hydrogens is 236 g/mol. The fourth-order valence-corrected chi connectivity index (χ4v) is 2.10. The first-order valence-electron chi connectivity index (χ1n) is 5.79. The third kappa shape index (κ3) is 2.11. The van der Waals surface area contributed by atoms with Crippen LogP contribution in [0.25, 0.3) is 0 Å². The van der Waals surface area contributed by atoms with Crippen LogP contribution in [0.2, 0.25) is 0 Å². The molecule has 98 valence electrons. The first-order chi connectivity index (χ1) is 8.49. The number of β-amino-alcohol motifs (C(OH)–C–C–N with tert-alkyl or cyclic N) is 1. The predicted octanol–water partition coefficient (Wildman–Crippen LogP) is 1.56. The molecule has 1 fully saturated rings. The van der Waals surface area contributed by atoms with Crippen LogP contribution in [0.4, 0.5) is 11.4 Å². The molecule has 1 aliphatic heterocycles. The van der Waals surface area contributed by atoms with Gasteiger partial charge < -0.3 is 14.7 Å². The molecule has 1 aromatic rings. The zero-order valence-electron chi connectivity index (χ0n) is 10.4. The zero-order chi connectivity index (χ0) is 13.3. The number of hydrogen-bond donors (Lipinski definition) is 1. The molecule has 1 aromatic carbocycles. The summed E-state index contributed by atoms with van der Waals surface area (Å²) in [4.78, 5) is 12.3. The smallest absolute Gasteiger partial charge is 0.292 e. The van der Waals surface area contributed by atoms with Gasteiger partial charge >= 0.3 is 0 Å². The maximum absolute atomic E-state index is 11.0. The van der Waals surface area contributed by atoms with Gasteiger partial charge in [0.15, 0.2) is 0 Å². The lowest BCUT2D eigenvalue weighted by Gasteiger charge is -2.47. The summed E-state index contributed by atoms with van der Waals surface area (Å²) in [5, 5.41) is 20.9. The summed E-state index contributed by atoms with van der Waals surface area (Å²) in [6, 6.07) is 4.62. The van der Waals surface area contributed by atoms with Gasteiger partial charge in [-0.1, -0.05) is 6.92 Å². The molecule has 0 amide bonds. The Bertz CT molecular complexity index is 469. The van der Waals surface area contributed by atoms with Gasteiger partial charge in [-0.05, 0) is 12.5 Å². The SMILES string of the molecule is CCC1(O)CN(c2cc(OC)ccc2[N+](=O)[O-])C1. The molecular formula is C12H16N2O4. The molecule has 0 unspecified atom stereocenters. The molecule has 0 aliphatic carbocycles. The molecule has 0 spiro atoms. The minimum Gasteiger partial charge on any atom is -0.497 e. The second kappa shape index (κ2) is 4.45. The van der Waals surface area contributed by atoms with Crippen molar-refractivity contribution in [1.29, 1.82) is 0 Å². The predicted molar refractivity (Wildman–Crippen MR) is 67.1 cm³/mol. The van der Waals surface area contributed by atoms with Crippen molar-refractivity contribution in [2.45, 2.75) is 18.9 Å². The van der Waals surface area contributed by atoms with Gasteiger partial charge in [-0.3, -0.25) is 10.1 Å². The minimum absolute atomic E-state index is 0.0361. The van der Waals surface area contributed by atoms with E-state index in [0.29, 0.717) is 30.9 Å². The molecule has 1 saturated heterocycles. The minimum atomic E-state index is -0.725. The summed E-state index contributed by atoms with van der Waals surface area (Å²) in [6.07, 6.45) is 0.640. The summed E-state index contributed by atoms with van der Waals surface area (Å²) < 4.78 is 5.07. The molecule has 6 nitrogen and oxygen atoms in total. The van der Waals surface area contributed by atoms with Gasteiger partial charge in [0.1, 0.15) is 11.4 Å². The lowest BCUT2D eigenvalue weighted by atomic mass is 9.90. The first kappa shape index (κ1) is 12.6. The van der Waals surface area contributed by atoms with Crippen molar-refractivity contribution >= 4 is 11.4 Å². The van der Waals surface area contributed by atoms with E-state index in [4.69, 9.17) is 4.74 Å². The summed E-state index contributed by atoms with van der Waals surface area (Å²) in [5.41, 5.74) is -0.192. The lowest BCUT2D eigenvalue weighted by Crippen LogP contribution is -2.61. The van der Waals surface area contributed by atoms with E-state index in [1.54, 1.807) is 17.0 Å². The van der Waals surface area contributed by atoms with E-state index < -0.39 is 10.5 Å². The number of aliphatic hydroxyl groups is 1. The van der Waals surface area contributed by atoms with Crippen molar-refractivity contribution in [2.24, 2.45) is 0 Å². The van der Waals surface area contributed by atoms with Crippen LogP contribution >= 0.6 is 0 Å². The van der Waals surface area contributed by atoms with Crippen molar-refractivity contribution in [3.8, 4) is 5.75 Å². The lowest BCUT2D eigenvalue weighted by molar-refractivity contribution is -0.384. The van der Waals surface area contributed by atoms with Gasteiger partial charge in [0.2, 0.25) is 0 Å². The second-order valence-corrected chi connectivity index (χ2v) is 4.55. The Balaban J connectivity index is 2.29. The molecule has 6 heteroatoms. The van der Waals surface area contributed by atoms with Crippen LogP contribution in [0, 0.1) is 10.1 Å². The van der Waals surface area contributed by atoms with E-state index in [9.17, 15) is 15.2 Å². The maximum Gasteiger partial charge on any atom is 0.292 e. The molecule has 2 rings (SSSR count). The fourth-order valence-electron chi connectivity index (χ4n) is 2.10. The number of ether oxygens (including phenoxy) is 1. The van der Waals surface area contributed by atoms with Crippen molar-refractivity contribution in [3.05, 3.63) is 28.3 Å². The van der Waals surface area contributed by atoms with Crippen molar-refractivity contribution in [2.75, 3.05) is 25.1 Å². The monoisotopic (exact) mass is 252 g/mol. The van der Waals surface area contributed by atoms with Gasteiger partial charge in [-0.15, -0.1) is 0 Å². The van der Waals surface area contributed by atoms with E-state index in [-0.39, 0.29) is 5.69 Å². The van der Waals surface area contributed by atoms with Crippen molar-refractivity contribution < 1.29 is 14.8 Å². The number of nitro groups is 1. The summed E-state index contributed by atoms with van der Waals surface area (Å²) >= 11 is 0. The highest BCUT2D eigenvalue weighted by Gasteiger charge is 2.41. The van der Waals surface area contributed by atoms with Gasteiger partial charge in [0, 0.05) is 25.2 Å². The highest BCUT2D eigenvalue weighted by molar-refractivity contribution is 5.67. The number of nitrogens with zero attached hydrogens (tertiary/aromatic N) is 2. The number of nitro benzene ring substituents is 1. The normalized spacial score (nSPS) is 17.2. The van der Waals surface area contributed by atoms with Crippen LogP contribution in [0.3, 0.4) is 0 Å². The summed E-state index contributed by atoms with van der Waals surface area (Å²) in [7, 11) is 1.52. The number of hydrogen-bond acceptors (Lipinski definition) is 5. The Morgan fingerprint density at radius 2 is 2.22 bits per heavy atom. The van der Waals surface area contributed by atoms with Crippen molar-refractivity contribution in [3.63, 3.8) is 0 Å². The third-order valence-corrected chi connectivity index (χ3v) is 3.35. The quantitative estimate of drug-likeness (QED) is 0.650. The van der Waals surface area contributed by atoms with E-state index in [2.05, 4.69) is 0 Å². The van der Waals surface area contributed by atoms with Crippen LogP contribution in [0.5, 0.6) is 5.75 Å². The van der Waals surface area contributed by atoms with Gasteiger partial charge in [0.25, 0.3) is 5.69 Å². The van der Waals surface area contributed by atoms with Crippen molar-refractivity contribution in [1.82, 2.24) is 0 Å². The standard InChI is InChI=1S/C12H16N2O4/c1-3-12(15)7-13(8-12)11-6-9(18-2)4-5-10(11)14(16)17/h4-6,15H,3,7-8H2,1-2H3. The molecule has 1 heterocycles. The molecule has 0 radical (unpaired) electrons. The number of benzene rings is 1. The average molecular weight is 252 g/mol. The van der Waals surface area contributed by atoms with Gasteiger partial charge in [-0.2, -0.15) is 0 Å². The molecule has 0 aromatic heterocycles. The van der Waals surface area contributed by atoms with Crippen LogP contribution in [-0.2, 0) is 0 Å². The maximum atomic E-state index is 11.0. The van der Waals surface area contributed by atoms with E-state index in [1.807, 2.05) is 6.92 Å². The van der Waals surface area contributed by atoms with E-state index >= 15 is 0 Å². The first-order valence-corrected chi connectivity index (χ1v) is 5.79. The fraction of sp³-hybridized carbons (Fsp3) is 0.500. The molecule has 0 bridgehead atoms. The molecule has 1 aliphatic rings. The molecule has 1 N–H and O–H groups in total. The van der Waals surface area contributed by atoms with E-state index in [1.165, 1.54) is 13.2 Å².